The highest BCUT2D eigenvalue weighted by molar-refractivity contribution is 5.86. The maximum atomic E-state index is 13.4. The summed E-state index contributed by atoms with van der Waals surface area (Å²) in [6, 6.07) is 26.2. The molecule has 0 radical (unpaired) electrons. The van der Waals surface area contributed by atoms with Gasteiger partial charge in [-0.05, 0) is 54.5 Å². The van der Waals surface area contributed by atoms with Crippen LogP contribution in [0.4, 0.5) is 0 Å². The molecule has 0 aliphatic carbocycles. The monoisotopic (exact) mass is 584 g/mol. The van der Waals surface area contributed by atoms with Crippen molar-refractivity contribution in [3.8, 4) is 5.75 Å². The molecule has 3 aromatic rings. The van der Waals surface area contributed by atoms with Crippen molar-refractivity contribution in [3.05, 3.63) is 114 Å². The van der Waals surface area contributed by atoms with Crippen molar-refractivity contribution in [1.29, 1.82) is 0 Å². The van der Waals surface area contributed by atoms with Crippen molar-refractivity contribution < 1.29 is 29.0 Å². The van der Waals surface area contributed by atoms with Gasteiger partial charge in [-0.1, -0.05) is 84.9 Å². The summed E-state index contributed by atoms with van der Waals surface area (Å²) in [5, 5.41) is 15.7. The van der Waals surface area contributed by atoms with E-state index in [0.717, 1.165) is 22.4 Å². The minimum absolute atomic E-state index is 0.0264. The first kappa shape index (κ1) is 31.5. The van der Waals surface area contributed by atoms with Gasteiger partial charge in [0.1, 0.15) is 19.0 Å². The predicted molar refractivity (Wildman–Crippen MR) is 164 cm³/mol. The highest BCUT2D eigenvalue weighted by atomic mass is 16.5. The van der Waals surface area contributed by atoms with Crippen molar-refractivity contribution in [1.82, 2.24) is 10.6 Å². The molecule has 0 aromatic heterocycles. The Morgan fingerprint density at radius 3 is 2.33 bits per heavy atom. The third kappa shape index (κ3) is 11.1. The van der Waals surface area contributed by atoms with E-state index in [4.69, 9.17) is 9.47 Å². The summed E-state index contributed by atoms with van der Waals surface area (Å²) < 4.78 is 11.4. The zero-order valence-corrected chi connectivity index (χ0v) is 24.3. The van der Waals surface area contributed by atoms with Crippen molar-refractivity contribution >= 4 is 17.8 Å². The summed E-state index contributed by atoms with van der Waals surface area (Å²) in [4.78, 5) is 38.6. The molecule has 3 N–H and O–H groups in total. The van der Waals surface area contributed by atoms with E-state index in [2.05, 4.69) is 10.6 Å². The molecule has 0 saturated carbocycles. The van der Waals surface area contributed by atoms with Crippen LogP contribution in [0.3, 0.4) is 0 Å². The second kappa shape index (κ2) is 16.9. The lowest BCUT2D eigenvalue weighted by atomic mass is 9.97. The number of benzene rings is 3. The molecule has 0 bridgehead atoms. The molecule has 0 saturated heterocycles. The molecule has 3 atom stereocenters. The van der Waals surface area contributed by atoms with Crippen LogP contribution in [0.1, 0.15) is 42.4 Å². The number of aliphatic hydroxyl groups is 1. The van der Waals surface area contributed by atoms with Crippen LogP contribution in [0.15, 0.2) is 97.1 Å². The Morgan fingerprint density at radius 1 is 0.930 bits per heavy atom. The maximum Gasteiger partial charge on any atom is 0.306 e. The molecule has 1 heterocycles. The molecule has 43 heavy (non-hydrogen) atoms. The number of hydrogen-bond donors (Lipinski definition) is 3. The van der Waals surface area contributed by atoms with Crippen molar-refractivity contribution in [2.24, 2.45) is 5.92 Å². The highest BCUT2D eigenvalue weighted by Gasteiger charge is 2.26. The standard InChI is InChI=1S/C35H40N2O6/c38-23-30(20-26-10-4-1-5-11-26)36-33(39)22-29-14-8-3-9-15-34(40)43-25-31(37-35(29)41)21-27-16-18-32(19-17-27)42-24-28-12-6-2-7-13-28/h1-8,10-13,16-19,29-31,38H,9,14-15,20-25H2,(H,36,39)(H,37,41)/t29-,30+,31+/m1/s1. The predicted octanol–water partition coefficient (Wildman–Crippen LogP) is 4.30. The van der Waals surface area contributed by atoms with Crippen LogP contribution < -0.4 is 15.4 Å². The van der Waals surface area contributed by atoms with Gasteiger partial charge in [0, 0.05) is 12.8 Å². The summed E-state index contributed by atoms with van der Waals surface area (Å²) in [6.45, 7) is 0.285. The number of aliphatic hydroxyl groups excluding tert-OH is 1. The number of esters is 1. The summed E-state index contributed by atoms with van der Waals surface area (Å²) in [5.41, 5.74) is 3.02. The molecule has 1 aliphatic heterocycles. The van der Waals surface area contributed by atoms with E-state index in [1.165, 1.54) is 0 Å². The van der Waals surface area contributed by atoms with Gasteiger partial charge in [-0.15, -0.1) is 0 Å². The molecule has 0 fully saturated rings. The highest BCUT2D eigenvalue weighted by Crippen LogP contribution is 2.18. The topological polar surface area (TPSA) is 114 Å². The number of allylic oxidation sites excluding steroid dienone is 2. The Balaban J connectivity index is 1.37. The van der Waals surface area contributed by atoms with Crippen LogP contribution in [0.5, 0.6) is 5.75 Å². The van der Waals surface area contributed by atoms with E-state index in [0.29, 0.717) is 32.3 Å². The lowest BCUT2D eigenvalue weighted by molar-refractivity contribution is -0.145. The Morgan fingerprint density at radius 2 is 1.63 bits per heavy atom. The Bertz CT molecular complexity index is 1330. The van der Waals surface area contributed by atoms with Gasteiger partial charge in [0.15, 0.2) is 0 Å². The van der Waals surface area contributed by atoms with Gasteiger partial charge in [-0.2, -0.15) is 0 Å². The van der Waals surface area contributed by atoms with E-state index in [1.807, 2.05) is 97.1 Å². The SMILES string of the molecule is O=C(C[C@H]1CC=CCCC(=O)OC[C@H](Cc2ccc(OCc3ccccc3)cc2)NC1=O)N[C@H](CO)Cc1ccccc1. The minimum Gasteiger partial charge on any atom is -0.489 e. The summed E-state index contributed by atoms with van der Waals surface area (Å²) in [5.74, 6) is -0.789. The van der Waals surface area contributed by atoms with Crippen LogP contribution in [0.2, 0.25) is 0 Å². The van der Waals surface area contributed by atoms with Gasteiger partial charge < -0.3 is 25.2 Å². The number of carbonyl (C=O) groups is 3. The molecule has 1 aliphatic rings. The Kier molecular flexibility index (Phi) is 12.4. The lowest BCUT2D eigenvalue weighted by Crippen LogP contribution is -2.45. The van der Waals surface area contributed by atoms with Gasteiger partial charge in [0.2, 0.25) is 11.8 Å². The third-order valence-corrected chi connectivity index (χ3v) is 7.26. The number of rotatable bonds is 11. The molecule has 0 spiro atoms. The molecule has 226 valence electrons. The van der Waals surface area contributed by atoms with Crippen LogP contribution in [-0.4, -0.2) is 48.2 Å². The summed E-state index contributed by atoms with van der Waals surface area (Å²) >= 11 is 0. The molecule has 3 aromatic carbocycles. The first-order chi connectivity index (χ1) is 21.0. The van der Waals surface area contributed by atoms with Gasteiger partial charge >= 0.3 is 5.97 Å². The van der Waals surface area contributed by atoms with Gasteiger partial charge in [0.25, 0.3) is 0 Å². The van der Waals surface area contributed by atoms with Crippen molar-refractivity contribution in [2.75, 3.05) is 13.2 Å². The Hall–Kier alpha value is -4.43. The van der Waals surface area contributed by atoms with Crippen LogP contribution in [0, 0.1) is 5.92 Å². The normalized spacial score (nSPS) is 18.3. The van der Waals surface area contributed by atoms with Gasteiger partial charge in [0.05, 0.1) is 24.6 Å². The maximum absolute atomic E-state index is 13.4. The number of carbonyl (C=O) groups excluding carboxylic acids is 3. The van der Waals surface area contributed by atoms with Crippen molar-refractivity contribution in [2.45, 2.75) is 57.2 Å². The zero-order chi connectivity index (χ0) is 30.3. The van der Waals surface area contributed by atoms with E-state index >= 15 is 0 Å². The first-order valence-corrected chi connectivity index (χ1v) is 14.8. The number of ether oxygens (including phenoxy) is 2. The minimum atomic E-state index is -0.612. The Labute approximate surface area is 253 Å². The van der Waals surface area contributed by atoms with Crippen molar-refractivity contribution in [3.63, 3.8) is 0 Å². The van der Waals surface area contributed by atoms with Gasteiger partial charge in [-0.25, -0.2) is 0 Å². The van der Waals surface area contributed by atoms with E-state index < -0.39 is 18.0 Å². The summed E-state index contributed by atoms with van der Waals surface area (Å²) in [7, 11) is 0. The fourth-order valence-corrected chi connectivity index (χ4v) is 4.92. The molecule has 8 nitrogen and oxygen atoms in total. The molecular formula is C35H40N2O6. The van der Waals surface area contributed by atoms with Crippen LogP contribution in [0.25, 0.3) is 0 Å². The lowest BCUT2D eigenvalue weighted by Gasteiger charge is -2.24. The van der Waals surface area contributed by atoms with E-state index in [-0.39, 0.29) is 43.8 Å². The van der Waals surface area contributed by atoms with Crippen LogP contribution >= 0.6 is 0 Å². The second-order valence-electron chi connectivity index (χ2n) is 10.8. The first-order valence-electron chi connectivity index (χ1n) is 14.8. The molecular weight excluding hydrogens is 544 g/mol. The molecule has 8 heteroatoms. The molecule has 4 rings (SSSR count). The largest absolute Gasteiger partial charge is 0.489 e. The summed E-state index contributed by atoms with van der Waals surface area (Å²) in [6.07, 6.45) is 5.68. The number of amides is 2. The fraction of sp³-hybridized carbons (Fsp3) is 0.343. The zero-order valence-electron chi connectivity index (χ0n) is 24.3. The molecule has 0 unspecified atom stereocenters. The average Bonchev–Trinajstić information content (AvgIpc) is 3.02. The van der Waals surface area contributed by atoms with E-state index in [1.54, 1.807) is 0 Å². The van der Waals surface area contributed by atoms with Gasteiger partial charge in [-0.3, -0.25) is 14.4 Å². The quantitative estimate of drug-likeness (QED) is 0.229. The average molecular weight is 585 g/mol. The third-order valence-electron chi connectivity index (χ3n) is 7.26. The smallest absolute Gasteiger partial charge is 0.306 e. The van der Waals surface area contributed by atoms with E-state index in [9.17, 15) is 19.5 Å². The number of cyclic esters (lactones) is 1. The number of nitrogens with one attached hydrogen (secondary N) is 2. The number of hydrogen-bond acceptors (Lipinski definition) is 6. The molecule has 2 amide bonds. The second-order valence-corrected chi connectivity index (χ2v) is 10.8. The van der Waals surface area contributed by atoms with Crippen LogP contribution in [-0.2, 0) is 38.6 Å². The fourth-order valence-electron chi connectivity index (χ4n) is 4.92.